The molecule has 0 saturated heterocycles. The monoisotopic (exact) mass is 344 g/mol. The van der Waals surface area contributed by atoms with Crippen LogP contribution in [0.5, 0.6) is 0 Å². The van der Waals surface area contributed by atoms with E-state index >= 15 is 0 Å². The van der Waals surface area contributed by atoms with Gasteiger partial charge >= 0.3 is 0 Å². The Morgan fingerprint density at radius 1 is 0.920 bits per heavy atom. The first kappa shape index (κ1) is 14.6. The normalized spacial score (nSPS) is 15.5. The molecule has 25 heavy (non-hydrogen) atoms. The third-order valence-corrected chi connectivity index (χ3v) is 5.31. The quantitative estimate of drug-likeness (QED) is 0.441. The Bertz CT molecular complexity index is 1110. The van der Waals surface area contributed by atoms with E-state index in [2.05, 4.69) is 77.5 Å². The van der Waals surface area contributed by atoms with Crippen molar-refractivity contribution in [3.8, 4) is 5.69 Å². The summed E-state index contributed by atoms with van der Waals surface area (Å²) >= 11 is 6.28. The van der Waals surface area contributed by atoms with E-state index in [0.717, 1.165) is 10.7 Å². The molecule has 0 spiro atoms. The molecule has 122 valence electrons. The molecule has 0 amide bonds. The van der Waals surface area contributed by atoms with Crippen LogP contribution in [0.1, 0.15) is 22.9 Å². The summed E-state index contributed by atoms with van der Waals surface area (Å²) < 4.78 is 2.39. The average Bonchev–Trinajstić information content (AvgIpc) is 2.95. The van der Waals surface area contributed by atoms with Gasteiger partial charge in [-0.1, -0.05) is 54.1 Å². The van der Waals surface area contributed by atoms with E-state index in [9.17, 15) is 0 Å². The first-order chi connectivity index (χ1) is 12.2. The number of hydrogen-bond acceptors (Lipinski definition) is 1. The van der Waals surface area contributed by atoms with E-state index in [0.29, 0.717) is 0 Å². The molecule has 2 heterocycles. The molecular weight excluding hydrogens is 328 g/mol. The number of aryl methyl sites for hydroxylation is 1. The van der Waals surface area contributed by atoms with Gasteiger partial charge in [-0.15, -0.1) is 0 Å². The van der Waals surface area contributed by atoms with Gasteiger partial charge < -0.3 is 9.88 Å². The third-order valence-electron chi connectivity index (χ3n) is 5.07. The van der Waals surface area contributed by atoms with Gasteiger partial charge in [0.1, 0.15) is 0 Å². The minimum Gasteiger partial charge on any atom is -0.371 e. The maximum absolute atomic E-state index is 6.28. The van der Waals surface area contributed by atoms with Crippen molar-refractivity contribution in [2.24, 2.45) is 0 Å². The second-order valence-electron chi connectivity index (χ2n) is 6.51. The van der Waals surface area contributed by atoms with Gasteiger partial charge in [-0.3, -0.25) is 0 Å². The second-order valence-corrected chi connectivity index (χ2v) is 6.95. The van der Waals surface area contributed by atoms with Crippen LogP contribution in [0.15, 0.2) is 72.8 Å². The summed E-state index contributed by atoms with van der Waals surface area (Å²) in [5.41, 5.74) is 7.34. The molecule has 4 aromatic rings. The summed E-state index contributed by atoms with van der Waals surface area (Å²) in [5, 5.41) is 5.78. The van der Waals surface area contributed by atoms with Gasteiger partial charge in [0.15, 0.2) is 0 Å². The van der Waals surface area contributed by atoms with Crippen molar-refractivity contribution < 1.29 is 0 Å². The fraction of sp³-hybridized carbons (Fsp3) is 0.0909. The number of nitrogens with one attached hydrogen (secondary N) is 1. The summed E-state index contributed by atoms with van der Waals surface area (Å²) in [5.74, 6) is 0. The van der Waals surface area contributed by atoms with E-state index in [4.69, 9.17) is 11.6 Å². The fourth-order valence-electron chi connectivity index (χ4n) is 3.97. The van der Waals surface area contributed by atoms with Crippen LogP contribution < -0.4 is 5.32 Å². The number of nitrogens with zero attached hydrogens (tertiary/aromatic N) is 1. The van der Waals surface area contributed by atoms with Crippen LogP contribution >= 0.6 is 11.6 Å². The average molecular weight is 345 g/mol. The molecule has 1 N–H and O–H groups in total. The third kappa shape index (κ3) is 2.11. The van der Waals surface area contributed by atoms with E-state index in [1.807, 2.05) is 12.1 Å². The van der Waals surface area contributed by atoms with Crippen molar-refractivity contribution >= 4 is 28.2 Å². The number of rotatable bonds is 1. The second kappa shape index (κ2) is 5.40. The highest BCUT2D eigenvalue weighted by molar-refractivity contribution is 6.30. The minimum atomic E-state index is 0.0704. The molecule has 0 radical (unpaired) electrons. The number of benzene rings is 3. The lowest BCUT2D eigenvalue weighted by Gasteiger charge is -2.31. The Labute approximate surface area is 151 Å². The van der Waals surface area contributed by atoms with Crippen molar-refractivity contribution in [2.45, 2.75) is 13.0 Å². The number of halogens is 1. The van der Waals surface area contributed by atoms with Crippen molar-refractivity contribution in [1.82, 2.24) is 4.57 Å². The molecule has 0 saturated carbocycles. The predicted octanol–water partition coefficient (Wildman–Crippen LogP) is 6.11. The Hall–Kier alpha value is -2.71. The fourth-order valence-corrected chi connectivity index (χ4v) is 4.17. The van der Waals surface area contributed by atoms with Gasteiger partial charge in [-0.05, 0) is 48.4 Å². The summed E-state index contributed by atoms with van der Waals surface area (Å²) in [6.07, 6.45) is 0. The van der Waals surface area contributed by atoms with Gasteiger partial charge in [0.25, 0.3) is 0 Å². The summed E-state index contributed by atoms with van der Waals surface area (Å²) in [4.78, 5) is 0. The van der Waals surface area contributed by atoms with Gasteiger partial charge in [-0.2, -0.15) is 0 Å². The highest BCUT2D eigenvalue weighted by Crippen LogP contribution is 2.43. The predicted molar refractivity (Wildman–Crippen MR) is 105 cm³/mol. The molecule has 0 aliphatic carbocycles. The zero-order valence-electron chi connectivity index (χ0n) is 13.8. The van der Waals surface area contributed by atoms with E-state index in [-0.39, 0.29) is 6.04 Å². The van der Waals surface area contributed by atoms with Crippen molar-refractivity contribution in [3.05, 3.63) is 94.6 Å². The molecule has 2 nitrogen and oxygen atoms in total. The van der Waals surface area contributed by atoms with Crippen LogP contribution in [0.25, 0.3) is 16.6 Å². The topological polar surface area (TPSA) is 17.0 Å². The largest absolute Gasteiger partial charge is 0.371 e. The molecule has 5 rings (SSSR count). The van der Waals surface area contributed by atoms with Gasteiger partial charge in [0.05, 0.1) is 28.6 Å². The Morgan fingerprint density at radius 3 is 2.60 bits per heavy atom. The number of para-hydroxylation sites is 3. The number of anilines is 1. The van der Waals surface area contributed by atoms with Crippen LogP contribution in [0.4, 0.5) is 5.69 Å². The highest BCUT2D eigenvalue weighted by atomic mass is 35.5. The summed E-state index contributed by atoms with van der Waals surface area (Å²) in [7, 11) is 0. The zero-order valence-corrected chi connectivity index (χ0v) is 14.6. The number of fused-ring (bicyclic) bond motifs is 5. The van der Waals surface area contributed by atoms with Crippen LogP contribution in [-0.2, 0) is 0 Å². The van der Waals surface area contributed by atoms with Crippen molar-refractivity contribution in [3.63, 3.8) is 0 Å². The van der Waals surface area contributed by atoms with Crippen molar-refractivity contribution in [1.29, 1.82) is 0 Å². The lowest BCUT2D eigenvalue weighted by atomic mass is 9.97. The summed E-state index contributed by atoms with van der Waals surface area (Å²) in [6, 6.07) is 25.3. The molecule has 3 heteroatoms. The number of aromatic nitrogens is 1. The lowest BCUT2D eigenvalue weighted by Crippen LogP contribution is -2.23. The Kier molecular flexibility index (Phi) is 3.16. The standard InChI is InChI=1S/C22H17ClN2/c1-14-17-9-2-4-11-19(17)25-20-12-5-3-10-18(20)24-21(22(14)25)15-7-6-8-16(23)13-15/h2-13,21,24H,1H3. The van der Waals surface area contributed by atoms with Crippen LogP contribution in [0.3, 0.4) is 0 Å². The van der Waals surface area contributed by atoms with Gasteiger partial charge in [-0.25, -0.2) is 0 Å². The van der Waals surface area contributed by atoms with Gasteiger partial charge in [0.2, 0.25) is 0 Å². The van der Waals surface area contributed by atoms with Crippen LogP contribution in [-0.4, -0.2) is 4.57 Å². The molecular formula is C22H17ClN2. The molecule has 1 aliphatic heterocycles. The zero-order chi connectivity index (χ0) is 17.0. The Balaban J connectivity index is 1.87. The van der Waals surface area contributed by atoms with Crippen molar-refractivity contribution in [2.75, 3.05) is 5.32 Å². The first-order valence-electron chi connectivity index (χ1n) is 8.45. The molecule has 1 unspecified atom stereocenters. The van der Waals surface area contributed by atoms with Crippen LogP contribution in [0, 0.1) is 6.92 Å². The van der Waals surface area contributed by atoms with Crippen LogP contribution in [0.2, 0.25) is 5.02 Å². The van der Waals surface area contributed by atoms with E-state index < -0.39 is 0 Å². The van der Waals surface area contributed by atoms with E-state index in [1.165, 1.54) is 33.4 Å². The number of hydrogen-bond donors (Lipinski definition) is 1. The molecule has 3 aromatic carbocycles. The highest BCUT2D eigenvalue weighted by Gasteiger charge is 2.29. The molecule has 1 atom stereocenters. The molecule has 0 bridgehead atoms. The smallest absolute Gasteiger partial charge is 0.0927 e. The first-order valence-corrected chi connectivity index (χ1v) is 8.83. The molecule has 0 fully saturated rings. The maximum atomic E-state index is 6.28. The minimum absolute atomic E-state index is 0.0704. The molecule has 1 aliphatic rings. The van der Waals surface area contributed by atoms with Gasteiger partial charge in [0, 0.05) is 10.4 Å². The maximum Gasteiger partial charge on any atom is 0.0927 e. The van der Waals surface area contributed by atoms with E-state index in [1.54, 1.807) is 0 Å². The lowest BCUT2D eigenvalue weighted by molar-refractivity contribution is 0.813. The summed E-state index contributed by atoms with van der Waals surface area (Å²) in [6.45, 7) is 2.21. The Morgan fingerprint density at radius 2 is 1.72 bits per heavy atom. The SMILES string of the molecule is Cc1c2n(c3ccccc13)-c1ccccc1NC2c1cccc(Cl)c1. The molecule has 1 aromatic heterocycles.